The van der Waals surface area contributed by atoms with Crippen molar-refractivity contribution in [2.24, 2.45) is 0 Å². The van der Waals surface area contributed by atoms with Gasteiger partial charge in [0.2, 0.25) is 10.1 Å². The fourth-order valence-corrected chi connectivity index (χ4v) is 3.60. The van der Waals surface area contributed by atoms with Gasteiger partial charge in [-0.3, -0.25) is 10.1 Å². The molecular weight excluding hydrogens is 457 g/mol. The predicted molar refractivity (Wildman–Crippen MR) is 116 cm³/mol. The molecule has 0 unspecified atom stereocenters. The summed E-state index contributed by atoms with van der Waals surface area (Å²) < 4.78 is 42.9. The highest BCUT2D eigenvalue weighted by Crippen LogP contribution is 2.33. The number of hydrogen-bond donors (Lipinski definition) is 1. The number of halogens is 3. The van der Waals surface area contributed by atoms with Crippen molar-refractivity contribution in [2.45, 2.75) is 13.1 Å². The van der Waals surface area contributed by atoms with Crippen molar-refractivity contribution in [3.8, 4) is 11.3 Å². The van der Waals surface area contributed by atoms with E-state index >= 15 is 0 Å². The Morgan fingerprint density at radius 2 is 1.79 bits per heavy atom. The van der Waals surface area contributed by atoms with Gasteiger partial charge in [0, 0.05) is 10.9 Å². The van der Waals surface area contributed by atoms with Gasteiger partial charge in [-0.15, -0.1) is 10.2 Å². The zero-order valence-electron chi connectivity index (χ0n) is 17.0. The zero-order chi connectivity index (χ0) is 23.6. The van der Waals surface area contributed by atoms with Crippen molar-refractivity contribution in [3.63, 3.8) is 0 Å². The van der Waals surface area contributed by atoms with Crippen LogP contribution in [-0.4, -0.2) is 33.7 Å². The number of para-hydroxylation sites is 1. The van der Waals surface area contributed by atoms with Crippen molar-refractivity contribution in [1.82, 2.24) is 15.2 Å². The minimum absolute atomic E-state index is 0.173. The van der Waals surface area contributed by atoms with E-state index in [-0.39, 0.29) is 22.0 Å². The first-order valence-electron chi connectivity index (χ1n) is 9.55. The highest BCUT2D eigenvalue weighted by Gasteiger charge is 2.35. The lowest BCUT2D eigenvalue weighted by atomic mass is 10.0. The van der Waals surface area contributed by atoms with E-state index in [0.29, 0.717) is 16.6 Å². The minimum Gasteiger partial charge on any atom is -0.452 e. The number of anilines is 1. The van der Waals surface area contributed by atoms with Gasteiger partial charge in [0.15, 0.2) is 6.61 Å². The normalized spacial score (nSPS) is 11.4. The first-order valence-corrected chi connectivity index (χ1v) is 10.4. The van der Waals surface area contributed by atoms with Crippen LogP contribution < -0.4 is 5.32 Å². The van der Waals surface area contributed by atoms with E-state index in [1.165, 1.54) is 0 Å². The molecule has 0 spiro atoms. The maximum absolute atomic E-state index is 12.8. The van der Waals surface area contributed by atoms with Crippen molar-refractivity contribution < 1.29 is 27.5 Å². The third-order valence-corrected chi connectivity index (χ3v) is 5.42. The average Bonchev–Trinajstić information content (AvgIpc) is 3.26. The summed E-state index contributed by atoms with van der Waals surface area (Å²) >= 11 is 0.173. The Labute approximate surface area is 189 Å². The summed E-state index contributed by atoms with van der Waals surface area (Å²) in [6.07, 6.45) is -4.66. The first kappa shape index (κ1) is 22.3. The molecule has 0 saturated carbocycles. The largest absolute Gasteiger partial charge is 0.452 e. The van der Waals surface area contributed by atoms with Crippen molar-refractivity contribution >= 4 is 39.2 Å². The van der Waals surface area contributed by atoms with E-state index in [1.807, 2.05) is 31.2 Å². The molecule has 2 heterocycles. The lowest BCUT2D eigenvalue weighted by Crippen LogP contribution is -2.21. The van der Waals surface area contributed by atoms with Gasteiger partial charge in [-0.25, -0.2) is 9.78 Å². The van der Waals surface area contributed by atoms with E-state index in [2.05, 4.69) is 20.5 Å². The van der Waals surface area contributed by atoms with Crippen LogP contribution in [0, 0.1) is 6.92 Å². The molecule has 0 atom stereocenters. The number of nitrogens with one attached hydrogen (secondary N) is 1. The van der Waals surface area contributed by atoms with Gasteiger partial charge >= 0.3 is 12.1 Å². The minimum atomic E-state index is -4.66. The summed E-state index contributed by atoms with van der Waals surface area (Å²) in [5.74, 6) is -1.62. The van der Waals surface area contributed by atoms with Gasteiger partial charge in [-0.05, 0) is 19.1 Å². The van der Waals surface area contributed by atoms with E-state index in [0.717, 1.165) is 11.1 Å². The first-order chi connectivity index (χ1) is 15.7. The van der Waals surface area contributed by atoms with Crippen LogP contribution in [-0.2, 0) is 15.7 Å². The molecule has 168 valence electrons. The number of esters is 1. The Kier molecular flexibility index (Phi) is 6.05. The summed E-state index contributed by atoms with van der Waals surface area (Å²) in [6, 6.07) is 16.2. The maximum atomic E-state index is 12.8. The van der Waals surface area contributed by atoms with Crippen LogP contribution in [0.15, 0.2) is 54.6 Å². The van der Waals surface area contributed by atoms with Crippen LogP contribution in [0.25, 0.3) is 22.2 Å². The second-order valence-electron chi connectivity index (χ2n) is 6.97. The summed E-state index contributed by atoms with van der Waals surface area (Å²) in [6.45, 7) is 1.24. The molecule has 33 heavy (non-hydrogen) atoms. The van der Waals surface area contributed by atoms with Gasteiger partial charge < -0.3 is 4.74 Å². The molecule has 0 aliphatic rings. The third kappa shape index (κ3) is 5.14. The van der Waals surface area contributed by atoms with Gasteiger partial charge in [-0.2, -0.15) is 13.2 Å². The molecule has 0 fully saturated rings. The number of benzene rings is 2. The predicted octanol–water partition coefficient (Wildman–Crippen LogP) is 4.88. The number of aromatic nitrogens is 3. The summed E-state index contributed by atoms with van der Waals surface area (Å²) in [4.78, 5) is 29.4. The Bertz CT molecular complexity index is 1340. The van der Waals surface area contributed by atoms with Crippen LogP contribution in [0.3, 0.4) is 0 Å². The highest BCUT2D eigenvalue weighted by atomic mass is 32.1. The third-order valence-electron chi connectivity index (χ3n) is 4.53. The van der Waals surface area contributed by atoms with Crippen LogP contribution in [0.1, 0.15) is 20.9 Å². The SMILES string of the molecule is Cc1ccc(-c2cc(C(=O)OCC(=O)Nc3nnc(C(F)(F)F)s3)c3ccccc3n2)cc1. The van der Waals surface area contributed by atoms with E-state index in [1.54, 1.807) is 30.3 Å². The second-order valence-corrected chi connectivity index (χ2v) is 7.95. The Hall–Kier alpha value is -3.86. The summed E-state index contributed by atoms with van der Waals surface area (Å²) in [7, 11) is 0. The fourth-order valence-electron chi connectivity index (χ4n) is 2.97. The molecule has 4 aromatic rings. The van der Waals surface area contributed by atoms with Gasteiger partial charge in [0.1, 0.15) is 0 Å². The number of rotatable bonds is 5. The van der Waals surface area contributed by atoms with Gasteiger partial charge in [0.05, 0.1) is 16.8 Å². The number of carbonyl (C=O) groups excluding carboxylic acids is 2. The van der Waals surface area contributed by atoms with Crippen LogP contribution >= 0.6 is 11.3 Å². The van der Waals surface area contributed by atoms with Crippen molar-refractivity contribution in [3.05, 3.63) is 70.7 Å². The Morgan fingerprint density at radius 3 is 2.48 bits per heavy atom. The number of alkyl halides is 3. The summed E-state index contributed by atoms with van der Waals surface area (Å²) in [5.41, 5.74) is 3.20. The molecule has 2 aromatic carbocycles. The summed E-state index contributed by atoms with van der Waals surface area (Å²) in [5, 5.41) is 7.38. The molecule has 0 aliphatic heterocycles. The molecule has 0 radical (unpaired) electrons. The number of pyridine rings is 1. The molecule has 4 rings (SSSR count). The molecule has 0 aliphatic carbocycles. The van der Waals surface area contributed by atoms with Crippen LogP contribution in [0.5, 0.6) is 0 Å². The lowest BCUT2D eigenvalue weighted by Gasteiger charge is -2.10. The lowest BCUT2D eigenvalue weighted by molar-refractivity contribution is -0.138. The number of ether oxygens (including phenoxy) is 1. The topological polar surface area (TPSA) is 94.1 Å². The molecule has 0 bridgehead atoms. The van der Waals surface area contributed by atoms with Crippen molar-refractivity contribution in [1.29, 1.82) is 0 Å². The van der Waals surface area contributed by atoms with Gasteiger partial charge in [0.25, 0.3) is 5.91 Å². The molecular formula is C22H15F3N4O3S. The molecule has 1 N–H and O–H groups in total. The maximum Gasteiger partial charge on any atom is 0.445 e. The zero-order valence-corrected chi connectivity index (χ0v) is 17.8. The standard InChI is InChI=1S/C22H15F3N4O3S/c1-12-6-8-13(9-7-12)17-10-15(14-4-2-3-5-16(14)26-17)19(31)32-11-18(30)27-21-29-28-20(33-21)22(23,24)25/h2-10H,11H2,1H3,(H,27,29,30). The molecule has 2 aromatic heterocycles. The number of amides is 1. The smallest absolute Gasteiger partial charge is 0.445 e. The number of aryl methyl sites for hydroxylation is 1. The Morgan fingerprint density at radius 1 is 1.06 bits per heavy atom. The molecule has 11 heteroatoms. The van der Waals surface area contributed by atoms with Gasteiger partial charge in [-0.1, -0.05) is 59.4 Å². The van der Waals surface area contributed by atoms with E-state index < -0.39 is 29.7 Å². The Balaban J connectivity index is 1.52. The van der Waals surface area contributed by atoms with E-state index in [9.17, 15) is 22.8 Å². The average molecular weight is 472 g/mol. The van der Waals surface area contributed by atoms with Crippen molar-refractivity contribution in [2.75, 3.05) is 11.9 Å². The molecule has 1 amide bonds. The number of nitrogens with zero attached hydrogens (tertiary/aromatic N) is 3. The molecule has 7 nitrogen and oxygen atoms in total. The monoisotopic (exact) mass is 472 g/mol. The van der Waals surface area contributed by atoms with Crippen LogP contribution in [0.2, 0.25) is 0 Å². The van der Waals surface area contributed by atoms with Crippen LogP contribution in [0.4, 0.5) is 18.3 Å². The number of carbonyl (C=O) groups is 2. The number of fused-ring (bicyclic) bond motifs is 1. The fraction of sp³-hybridized carbons (Fsp3) is 0.136. The molecule has 0 saturated heterocycles. The number of hydrogen-bond acceptors (Lipinski definition) is 7. The quantitative estimate of drug-likeness (QED) is 0.416. The highest BCUT2D eigenvalue weighted by molar-refractivity contribution is 7.15. The van der Waals surface area contributed by atoms with E-state index in [4.69, 9.17) is 4.74 Å². The second kappa shape index (κ2) is 8.94.